The van der Waals surface area contributed by atoms with Crippen molar-refractivity contribution >= 4 is 16.9 Å². The molecule has 3 nitrogen and oxygen atoms in total. The normalized spacial score (nSPS) is 39.7. The van der Waals surface area contributed by atoms with E-state index in [1.54, 1.807) is 0 Å². The molecule has 1 N–H and O–H groups in total. The highest BCUT2D eigenvalue weighted by atomic mass is 32.2. The van der Waals surface area contributed by atoms with Crippen LogP contribution in [0.25, 0.3) is 0 Å². The van der Waals surface area contributed by atoms with Crippen molar-refractivity contribution in [2.45, 2.75) is 51.2 Å². The molecule has 3 atom stereocenters. The predicted molar refractivity (Wildman–Crippen MR) is 72.2 cm³/mol. The summed E-state index contributed by atoms with van der Waals surface area (Å²) in [6.07, 6.45) is 3.67. The highest BCUT2D eigenvalue weighted by Crippen LogP contribution is 2.21. The third-order valence-corrected chi connectivity index (χ3v) is 4.58. The summed E-state index contributed by atoms with van der Waals surface area (Å²) in [5, 5.41) is 4.67. The number of amidine groups is 1. The van der Waals surface area contributed by atoms with Gasteiger partial charge < -0.3 is 10.2 Å². The van der Waals surface area contributed by atoms with Gasteiger partial charge in [-0.25, -0.2) is 0 Å². The van der Waals surface area contributed by atoms with Crippen molar-refractivity contribution in [3.8, 4) is 0 Å². The summed E-state index contributed by atoms with van der Waals surface area (Å²) in [7, 11) is 2.21. The molecule has 2 aliphatic heterocycles. The molecule has 0 amide bonds. The molecule has 4 heteroatoms. The van der Waals surface area contributed by atoms with Gasteiger partial charge in [0.15, 0.2) is 5.17 Å². The average molecular weight is 241 g/mol. The third kappa shape index (κ3) is 3.14. The highest BCUT2D eigenvalue weighted by molar-refractivity contribution is 8.13. The number of nitrogens with zero attached hydrogens (tertiary/aromatic N) is 2. The van der Waals surface area contributed by atoms with Crippen molar-refractivity contribution in [3.05, 3.63) is 0 Å². The first-order chi connectivity index (χ1) is 7.65. The Morgan fingerprint density at radius 1 is 1.38 bits per heavy atom. The van der Waals surface area contributed by atoms with Crippen LogP contribution in [0.1, 0.15) is 33.1 Å². The molecule has 2 saturated heterocycles. The van der Waals surface area contributed by atoms with Crippen LogP contribution in [0.4, 0.5) is 0 Å². The average Bonchev–Trinajstić information content (AvgIpc) is 2.24. The molecule has 0 aliphatic carbocycles. The lowest BCUT2D eigenvalue weighted by molar-refractivity contribution is 0.184. The van der Waals surface area contributed by atoms with E-state index >= 15 is 0 Å². The predicted octanol–water partition coefficient (Wildman–Crippen LogP) is 1.94. The fourth-order valence-electron chi connectivity index (χ4n) is 2.28. The maximum atomic E-state index is 4.87. The Kier molecular flexibility index (Phi) is 4.14. The third-order valence-electron chi connectivity index (χ3n) is 3.64. The van der Waals surface area contributed by atoms with Crippen molar-refractivity contribution < 1.29 is 0 Å². The Morgan fingerprint density at radius 3 is 2.88 bits per heavy atom. The van der Waals surface area contributed by atoms with E-state index < -0.39 is 0 Å². The monoisotopic (exact) mass is 241 g/mol. The summed E-state index contributed by atoms with van der Waals surface area (Å²) in [4.78, 5) is 7.30. The van der Waals surface area contributed by atoms with Gasteiger partial charge in [-0.2, -0.15) is 0 Å². The minimum absolute atomic E-state index is 0.534. The Bertz CT molecular complexity index is 267. The number of likely N-dealkylation sites (tertiary alicyclic amines) is 1. The van der Waals surface area contributed by atoms with Gasteiger partial charge in [0, 0.05) is 24.4 Å². The van der Waals surface area contributed by atoms with Gasteiger partial charge in [-0.05, 0) is 40.2 Å². The zero-order valence-electron chi connectivity index (χ0n) is 10.6. The minimum atomic E-state index is 0.534. The summed E-state index contributed by atoms with van der Waals surface area (Å²) in [6.45, 7) is 5.73. The molecule has 92 valence electrons. The zero-order valence-corrected chi connectivity index (χ0v) is 11.4. The number of nitrogens with one attached hydrogen (secondary N) is 1. The van der Waals surface area contributed by atoms with Crippen molar-refractivity contribution in [1.82, 2.24) is 10.2 Å². The van der Waals surface area contributed by atoms with Crippen molar-refractivity contribution in [1.29, 1.82) is 0 Å². The topological polar surface area (TPSA) is 27.6 Å². The first kappa shape index (κ1) is 12.2. The molecule has 0 aromatic carbocycles. The van der Waals surface area contributed by atoms with Gasteiger partial charge in [-0.3, -0.25) is 4.99 Å². The summed E-state index contributed by atoms with van der Waals surface area (Å²) >= 11 is 1.89. The van der Waals surface area contributed by atoms with E-state index in [1.165, 1.54) is 36.7 Å². The Morgan fingerprint density at radius 2 is 2.19 bits per heavy atom. The van der Waals surface area contributed by atoms with Crippen LogP contribution in [0.5, 0.6) is 0 Å². The molecule has 0 bridgehead atoms. The molecule has 16 heavy (non-hydrogen) atoms. The van der Waals surface area contributed by atoms with E-state index in [-0.39, 0.29) is 0 Å². The fourth-order valence-corrected chi connectivity index (χ4v) is 3.45. The smallest absolute Gasteiger partial charge is 0.157 e. The number of hydrogen-bond donors (Lipinski definition) is 1. The lowest BCUT2D eigenvalue weighted by Gasteiger charge is -2.34. The number of thioether (sulfide) groups is 1. The molecule has 0 radical (unpaired) electrons. The van der Waals surface area contributed by atoms with E-state index in [0.29, 0.717) is 18.1 Å². The fraction of sp³-hybridized carbons (Fsp3) is 0.917. The molecule has 2 rings (SSSR count). The standard InChI is InChI=1S/C12H23N3S/c1-9-5-7-16-12(13-9)14-11-4-6-15(3)10(2)8-11/h9-11H,4-8H2,1-3H3,(H,13,14). The molecule has 3 unspecified atom stereocenters. The quantitative estimate of drug-likeness (QED) is 0.760. The lowest BCUT2D eigenvalue weighted by Crippen LogP contribution is -2.41. The maximum absolute atomic E-state index is 4.87. The van der Waals surface area contributed by atoms with Crippen LogP contribution >= 0.6 is 11.8 Å². The van der Waals surface area contributed by atoms with Crippen LogP contribution in [-0.4, -0.2) is 47.5 Å². The van der Waals surface area contributed by atoms with Gasteiger partial charge in [0.25, 0.3) is 0 Å². The molecule has 2 heterocycles. The molecular weight excluding hydrogens is 218 g/mol. The largest absolute Gasteiger partial charge is 0.362 e. The van der Waals surface area contributed by atoms with Crippen LogP contribution in [0, 0.1) is 0 Å². The van der Waals surface area contributed by atoms with Crippen molar-refractivity contribution in [2.75, 3.05) is 19.3 Å². The van der Waals surface area contributed by atoms with Crippen LogP contribution in [0.3, 0.4) is 0 Å². The van der Waals surface area contributed by atoms with Crippen molar-refractivity contribution in [3.63, 3.8) is 0 Å². The highest BCUT2D eigenvalue weighted by Gasteiger charge is 2.23. The second-order valence-corrected chi connectivity index (χ2v) is 6.21. The molecular formula is C12H23N3S. The second-order valence-electron chi connectivity index (χ2n) is 5.12. The summed E-state index contributed by atoms with van der Waals surface area (Å²) < 4.78 is 0. The molecule has 0 spiro atoms. The van der Waals surface area contributed by atoms with Gasteiger partial charge >= 0.3 is 0 Å². The van der Waals surface area contributed by atoms with Gasteiger partial charge in [0.1, 0.15) is 0 Å². The minimum Gasteiger partial charge on any atom is -0.362 e. The van der Waals surface area contributed by atoms with Crippen molar-refractivity contribution in [2.24, 2.45) is 4.99 Å². The van der Waals surface area contributed by atoms with Gasteiger partial charge in [-0.1, -0.05) is 11.8 Å². The van der Waals surface area contributed by atoms with E-state index in [4.69, 9.17) is 4.99 Å². The van der Waals surface area contributed by atoms with E-state index in [1.807, 2.05) is 11.8 Å². The van der Waals surface area contributed by atoms with Crippen LogP contribution in [0.15, 0.2) is 4.99 Å². The number of piperidine rings is 1. The molecule has 0 saturated carbocycles. The van der Waals surface area contributed by atoms with E-state index in [2.05, 4.69) is 31.1 Å². The van der Waals surface area contributed by atoms with Gasteiger partial charge in [-0.15, -0.1) is 0 Å². The maximum Gasteiger partial charge on any atom is 0.157 e. The second kappa shape index (κ2) is 5.41. The summed E-state index contributed by atoms with van der Waals surface area (Å²) in [5.74, 6) is 1.22. The SMILES string of the molecule is CC1CCSC(=NC2CCN(C)C(C)C2)N1. The zero-order chi connectivity index (χ0) is 11.5. The first-order valence-electron chi connectivity index (χ1n) is 6.32. The van der Waals surface area contributed by atoms with Crippen LogP contribution in [0.2, 0.25) is 0 Å². The molecule has 0 aromatic heterocycles. The molecule has 2 fully saturated rings. The van der Waals surface area contributed by atoms with Gasteiger partial charge in [0.2, 0.25) is 0 Å². The van der Waals surface area contributed by atoms with Crippen LogP contribution < -0.4 is 5.32 Å². The number of aliphatic imine (C=N–C) groups is 1. The van der Waals surface area contributed by atoms with Gasteiger partial charge in [0.05, 0.1) is 6.04 Å². The van der Waals surface area contributed by atoms with E-state index in [0.717, 1.165) is 0 Å². The van der Waals surface area contributed by atoms with Crippen LogP contribution in [-0.2, 0) is 0 Å². The molecule has 0 aromatic rings. The Balaban J connectivity index is 1.90. The van der Waals surface area contributed by atoms with E-state index in [9.17, 15) is 0 Å². The number of rotatable bonds is 1. The Hall–Kier alpha value is -0.220. The summed E-state index contributed by atoms with van der Waals surface area (Å²) in [5.41, 5.74) is 0. The molecule has 2 aliphatic rings. The Labute approximate surface area is 103 Å². The first-order valence-corrected chi connectivity index (χ1v) is 7.31. The lowest BCUT2D eigenvalue weighted by atomic mass is 10.00. The number of hydrogen-bond acceptors (Lipinski definition) is 3. The summed E-state index contributed by atoms with van der Waals surface area (Å²) in [6, 6.07) is 1.81.